The topological polar surface area (TPSA) is 39.3 Å². The zero-order valence-electron chi connectivity index (χ0n) is 23.0. The van der Waals surface area contributed by atoms with Gasteiger partial charge in [0.2, 0.25) is 0 Å². The van der Waals surface area contributed by atoms with Crippen LogP contribution in [-0.4, -0.2) is 78.1 Å². The Morgan fingerprint density at radius 3 is 0.774 bits per heavy atom. The fraction of sp³-hybridized carbons (Fsp3) is 1.00. The summed E-state index contributed by atoms with van der Waals surface area (Å²) in [5.74, 6) is 0. The Morgan fingerprint density at radius 1 is 0.419 bits per heavy atom. The molecule has 0 saturated heterocycles. The van der Waals surface area contributed by atoms with Crippen molar-refractivity contribution in [2.75, 3.05) is 39.3 Å². The van der Waals surface area contributed by atoms with Gasteiger partial charge in [0.1, 0.15) is 0 Å². The van der Waals surface area contributed by atoms with E-state index in [-0.39, 0.29) is 24.2 Å². The average Bonchev–Trinajstić information content (AvgIpc) is 2.62. The van der Waals surface area contributed by atoms with Crippen molar-refractivity contribution in [2.24, 2.45) is 0 Å². The molecule has 3 N–H and O–H groups in total. The van der Waals surface area contributed by atoms with Crippen LogP contribution in [0.1, 0.15) is 83.1 Å². The van der Waals surface area contributed by atoms with Crippen LogP contribution < -0.4 is 15.3 Å². The van der Waals surface area contributed by atoms with Crippen LogP contribution >= 0.6 is 24.2 Å². The molecule has 0 aromatic carbocycles. The van der Waals surface area contributed by atoms with Crippen molar-refractivity contribution in [1.29, 1.82) is 0 Å². The molecule has 0 aromatic heterocycles. The zero-order valence-corrected chi connectivity index (χ0v) is 25.7. The van der Waals surface area contributed by atoms with E-state index in [0.29, 0.717) is 0 Å². The zero-order chi connectivity index (χ0) is 24.1. The summed E-state index contributed by atoms with van der Waals surface area (Å²) in [5, 5.41) is 11.7. The van der Waals surface area contributed by atoms with Crippen molar-refractivity contribution >= 4 is 24.2 Å². The summed E-state index contributed by atoms with van der Waals surface area (Å²) >= 11 is 0. The van der Waals surface area contributed by atoms with Crippen LogP contribution in [0.15, 0.2) is 0 Å². The second kappa shape index (κ2) is 17.5. The van der Waals surface area contributed by atoms with Gasteiger partial charge in [-0.25, -0.2) is 0 Å². The fourth-order valence-corrected chi connectivity index (χ4v) is 11.1. The number of hydrogen-bond donors (Lipinski definition) is 3. The summed E-state index contributed by atoms with van der Waals surface area (Å²) in [6, 6.07) is 0. The van der Waals surface area contributed by atoms with Crippen molar-refractivity contribution in [2.45, 2.75) is 117 Å². The van der Waals surface area contributed by atoms with E-state index in [1.165, 1.54) is 0 Å². The van der Waals surface area contributed by atoms with Gasteiger partial charge in [0.05, 0.1) is 0 Å². The minimum absolute atomic E-state index is 0.0917. The molecular formula is C24H57N4P3. The lowest BCUT2D eigenvalue weighted by Crippen LogP contribution is -2.40. The van der Waals surface area contributed by atoms with Gasteiger partial charge in [-0.05, 0) is 58.2 Å². The van der Waals surface area contributed by atoms with Gasteiger partial charge in [-0.2, -0.15) is 0 Å². The summed E-state index contributed by atoms with van der Waals surface area (Å²) in [5.41, 5.74) is 4.46. The van der Waals surface area contributed by atoms with Crippen LogP contribution in [0.4, 0.5) is 0 Å². The van der Waals surface area contributed by atoms with Crippen molar-refractivity contribution < 1.29 is 0 Å². The van der Waals surface area contributed by atoms with Crippen LogP contribution in [0.5, 0.6) is 0 Å². The predicted molar refractivity (Wildman–Crippen MR) is 152 cm³/mol. The van der Waals surface area contributed by atoms with Gasteiger partial charge in [-0.3, -0.25) is 20.2 Å². The molecule has 4 nitrogen and oxygen atoms in total. The Balaban J connectivity index is 4.80. The van der Waals surface area contributed by atoms with Crippen molar-refractivity contribution in [3.63, 3.8) is 0 Å². The Labute approximate surface area is 200 Å². The highest BCUT2D eigenvalue weighted by Gasteiger charge is 2.19. The van der Waals surface area contributed by atoms with Crippen molar-refractivity contribution in [1.82, 2.24) is 20.2 Å². The monoisotopic (exact) mass is 494 g/mol. The predicted octanol–water partition coefficient (Wildman–Crippen LogP) is 6.70. The van der Waals surface area contributed by atoms with Crippen LogP contribution in [0.3, 0.4) is 0 Å². The summed E-state index contributed by atoms with van der Waals surface area (Å²) in [6.07, 6.45) is 0. The molecule has 0 heterocycles. The summed E-state index contributed by atoms with van der Waals surface area (Å²) < 4.78 is 0. The highest BCUT2D eigenvalue weighted by atomic mass is 31.1. The molecule has 0 amide bonds. The molecule has 188 valence electrons. The van der Waals surface area contributed by atoms with E-state index in [4.69, 9.17) is 0 Å². The fourth-order valence-electron chi connectivity index (χ4n) is 4.23. The van der Waals surface area contributed by atoms with Gasteiger partial charge in [0.25, 0.3) is 0 Å². The standard InChI is InChI=1S/C24H57N4P3/c1-19(2)29(20(3)4)25-13-16-28(17-14-26-30(21(5)6)22(7)8)18-15-27-31(23(9)10)24(11)12/h19-27H,13-18H2,1-12H3. The molecule has 0 aliphatic heterocycles. The van der Waals surface area contributed by atoms with Crippen molar-refractivity contribution in [3.8, 4) is 0 Å². The lowest BCUT2D eigenvalue weighted by Gasteiger charge is -2.32. The first-order valence-corrected chi connectivity index (χ1v) is 17.1. The van der Waals surface area contributed by atoms with Crippen molar-refractivity contribution in [3.05, 3.63) is 0 Å². The third-order valence-electron chi connectivity index (χ3n) is 5.51. The van der Waals surface area contributed by atoms with E-state index < -0.39 is 0 Å². The Kier molecular flexibility index (Phi) is 18.2. The van der Waals surface area contributed by atoms with E-state index in [1.807, 2.05) is 0 Å². The first kappa shape index (κ1) is 32.1. The number of nitrogens with one attached hydrogen (secondary N) is 3. The van der Waals surface area contributed by atoms with E-state index in [2.05, 4.69) is 103 Å². The molecule has 7 heteroatoms. The molecule has 0 fully saturated rings. The molecule has 0 spiro atoms. The first-order chi connectivity index (χ1) is 14.4. The van der Waals surface area contributed by atoms with Crippen LogP contribution in [0.25, 0.3) is 0 Å². The summed E-state index contributed by atoms with van der Waals surface area (Å²) in [4.78, 5) is 2.67. The molecule has 0 radical (unpaired) electrons. The van der Waals surface area contributed by atoms with E-state index >= 15 is 0 Å². The van der Waals surface area contributed by atoms with E-state index in [9.17, 15) is 0 Å². The van der Waals surface area contributed by atoms with Gasteiger partial charge >= 0.3 is 0 Å². The lowest BCUT2D eigenvalue weighted by molar-refractivity contribution is 0.288. The summed E-state index contributed by atoms with van der Waals surface area (Å²) in [7, 11) is -0.275. The van der Waals surface area contributed by atoms with Gasteiger partial charge in [0.15, 0.2) is 0 Å². The molecular weight excluding hydrogens is 437 g/mol. The quantitative estimate of drug-likeness (QED) is 0.186. The third-order valence-corrected chi connectivity index (χ3v) is 13.9. The highest BCUT2D eigenvalue weighted by Crippen LogP contribution is 2.42. The molecule has 0 rings (SSSR count). The van der Waals surface area contributed by atoms with Crippen LogP contribution in [-0.2, 0) is 0 Å². The molecule has 0 unspecified atom stereocenters. The molecule has 0 aromatic rings. The van der Waals surface area contributed by atoms with Crippen LogP contribution in [0, 0.1) is 0 Å². The molecule has 0 atom stereocenters. The minimum Gasteiger partial charge on any atom is -0.300 e. The van der Waals surface area contributed by atoms with Crippen LogP contribution in [0.2, 0.25) is 0 Å². The second-order valence-corrected chi connectivity index (χ2v) is 19.9. The number of rotatable bonds is 18. The number of hydrogen-bond acceptors (Lipinski definition) is 4. The second-order valence-electron chi connectivity index (χ2n) is 10.4. The normalized spacial score (nSPS) is 13.4. The maximum atomic E-state index is 3.91. The molecule has 0 aliphatic carbocycles. The maximum Gasteiger partial charge on any atom is 0.0118 e. The smallest absolute Gasteiger partial charge is 0.0118 e. The third kappa shape index (κ3) is 14.2. The SMILES string of the molecule is CC(C)P(NCCN(CCNP(C(C)C)C(C)C)CCNP(C(C)C)C(C)C)C(C)C. The Morgan fingerprint density at radius 2 is 0.613 bits per heavy atom. The first-order valence-electron chi connectivity index (χ1n) is 12.7. The Bertz CT molecular complexity index is 345. The molecule has 0 bridgehead atoms. The lowest BCUT2D eigenvalue weighted by atomic mass is 10.4. The van der Waals surface area contributed by atoms with Gasteiger partial charge < -0.3 is 0 Å². The van der Waals surface area contributed by atoms with E-state index in [0.717, 1.165) is 73.2 Å². The molecule has 0 saturated carbocycles. The number of nitrogens with zero attached hydrogens (tertiary/aromatic N) is 1. The van der Waals surface area contributed by atoms with Gasteiger partial charge in [-0.15, -0.1) is 0 Å². The maximum absolute atomic E-state index is 3.91. The van der Waals surface area contributed by atoms with E-state index in [1.54, 1.807) is 0 Å². The van der Waals surface area contributed by atoms with Gasteiger partial charge in [-0.1, -0.05) is 83.1 Å². The largest absolute Gasteiger partial charge is 0.300 e. The Hall–Kier alpha value is 1.13. The molecule has 0 aliphatic rings. The minimum atomic E-state index is -0.0917. The van der Waals surface area contributed by atoms with Gasteiger partial charge in [0, 0.05) is 39.3 Å². The molecule has 31 heavy (non-hydrogen) atoms. The highest BCUT2D eigenvalue weighted by molar-refractivity contribution is 7.57. The summed E-state index contributed by atoms with van der Waals surface area (Å²) in [6.45, 7) is 35.1. The average molecular weight is 495 g/mol.